The van der Waals surface area contributed by atoms with Crippen LogP contribution in [0.3, 0.4) is 0 Å². The van der Waals surface area contributed by atoms with Crippen molar-refractivity contribution >= 4 is 5.91 Å². The second kappa shape index (κ2) is 6.95. The Hall–Kier alpha value is -2.49. The highest BCUT2D eigenvalue weighted by molar-refractivity contribution is 5.96. The third kappa shape index (κ3) is 2.96. The van der Waals surface area contributed by atoms with Crippen molar-refractivity contribution in [1.29, 1.82) is 0 Å². The van der Waals surface area contributed by atoms with E-state index in [-0.39, 0.29) is 11.9 Å². The molecule has 4 heteroatoms. The number of ether oxygens (including phenoxy) is 2. The number of benzene rings is 2. The predicted molar refractivity (Wildman–Crippen MR) is 93.7 cm³/mol. The van der Waals surface area contributed by atoms with E-state index in [1.807, 2.05) is 54.3 Å². The number of hydrogen-bond donors (Lipinski definition) is 0. The molecular weight excluding hydrogens is 302 g/mol. The molecule has 0 bridgehead atoms. The molecule has 2 aromatic carbocycles. The van der Waals surface area contributed by atoms with Crippen LogP contribution in [-0.4, -0.2) is 31.6 Å². The van der Waals surface area contributed by atoms with Crippen molar-refractivity contribution in [3.63, 3.8) is 0 Å². The van der Waals surface area contributed by atoms with Crippen molar-refractivity contribution in [2.75, 3.05) is 20.8 Å². The highest BCUT2D eigenvalue weighted by Gasteiger charge is 2.33. The Labute approximate surface area is 143 Å². The molecule has 1 unspecified atom stereocenters. The van der Waals surface area contributed by atoms with E-state index < -0.39 is 0 Å². The maximum atomic E-state index is 13.1. The Morgan fingerprint density at radius 2 is 1.92 bits per heavy atom. The van der Waals surface area contributed by atoms with Gasteiger partial charge in [-0.1, -0.05) is 18.2 Å². The van der Waals surface area contributed by atoms with Crippen LogP contribution in [-0.2, 0) is 0 Å². The van der Waals surface area contributed by atoms with E-state index in [9.17, 15) is 4.79 Å². The number of nitrogens with zero attached hydrogens (tertiary/aromatic N) is 1. The molecule has 1 aliphatic rings. The number of hydrogen-bond acceptors (Lipinski definition) is 3. The van der Waals surface area contributed by atoms with E-state index in [2.05, 4.69) is 0 Å². The summed E-state index contributed by atoms with van der Waals surface area (Å²) >= 11 is 0. The summed E-state index contributed by atoms with van der Waals surface area (Å²) < 4.78 is 10.9. The molecule has 1 fully saturated rings. The van der Waals surface area contributed by atoms with Gasteiger partial charge in [-0.15, -0.1) is 0 Å². The van der Waals surface area contributed by atoms with Gasteiger partial charge < -0.3 is 14.4 Å². The molecule has 126 valence electrons. The summed E-state index contributed by atoms with van der Waals surface area (Å²) in [4.78, 5) is 15.0. The number of likely N-dealkylation sites (tertiary alicyclic amines) is 1. The minimum atomic E-state index is 0.0159. The summed E-state index contributed by atoms with van der Waals surface area (Å²) in [5.41, 5.74) is 2.79. The van der Waals surface area contributed by atoms with E-state index in [0.717, 1.165) is 47.6 Å². The van der Waals surface area contributed by atoms with Crippen LogP contribution in [0.15, 0.2) is 42.5 Å². The number of methoxy groups -OCH3 is 2. The number of carbonyl (C=O) groups is 1. The Morgan fingerprint density at radius 3 is 2.62 bits per heavy atom. The standard InChI is InChI=1S/C20H23NO3/c1-14-7-4-5-8-16(14)20(22)21-12-6-9-18(21)17-13-15(23-2)10-11-19(17)24-3/h4-5,7-8,10-11,13,18H,6,9,12H2,1-3H3. The largest absolute Gasteiger partial charge is 0.497 e. The fraction of sp³-hybridized carbons (Fsp3) is 0.350. The van der Waals surface area contributed by atoms with Crippen molar-refractivity contribution in [1.82, 2.24) is 4.90 Å². The first-order chi connectivity index (χ1) is 11.7. The second-order valence-electron chi connectivity index (χ2n) is 6.08. The van der Waals surface area contributed by atoms with E-state index in [0.29, 0.717) is 0 Å². The maximum Gasteiger partial charge on any atom is 0.254 e. The minimum absolute atomic E-state index is 0.0159. The molecule has 24 heavy (non-hydrogen) atoms. The topological polar surface area (TPSA) is 38.8 Å². The molecule has 0 spiro atoms. The molecule has 3 rings (SSSR count). The summed E-state index contributed by atoms with van der Waals surface area (Å²) in [6, 6.07) is 13.5. The van der Waals surface area contributed by atoms with Gasteiger partial charge in [-0.2, -0.15) is 0 Å². The van der Waals surface area contributed by atoms with Gasteiger partial charge in [-0.05, 0) is 49.6 Å². The zero-order chi connectivity index (χ0) is 17.1. The van der Waals surface area contributed by atoms with Crippen molar-refractivity contribution in [2.24, 2.45) is 0 Å². The van der Waals surface area contributed by atoms with Gasteiger partial charge in [-0.3, -0.25) is 4.79 Å². The molecule has 4 nitrogen and oxygen atoms in total. The maximum absolute atomic E-state index is 13.1. The monoisotopic (exact) mass is 325 g/mol. The third-order valence-electron chi connectivity index (χ3n) is 4.69. The normalized spacial score (nSPS) is 17.0. The summed E-state index contributed by atoms with van der Waals surface area (Å²) in [6.07, 6.45) is 1.92. The van der Waals surface area contributed by atoms with Crippen molar-refractivity contribution < 1.29 is 14.3 Å². The molecule has 0 saturated carbocycles. The molecule has 1 atom stereocenters. The molecule has 0 radical (unpaired) electrons. The average molecular weight is 325 g/mol. The van der Waals surface area contributed by atoms with E-state index in [4.69, 9.17) is 9.47 Å². The first-order valence-corrected chi connectivity index (χ1v) is 8.24. The van der Waals surface area contributed by atoms with Gasteiger partial charge in [0.1, 0.15) is 11.5 Å². The van der Waals surface area contributed by atoms with Crippen molar-refractivity contribution in [3.8, 4) is 11.5 Å². The smallest absolute Gasteiger partial charge is 0.254 e. The summed E-state index contributed by atoms with van der Waals surface area (Å²) in [5.74, 6) is 1.66. The number of carbonyl (C=O) groups excluding carboxylic acids is 1. The Morgan fingerprint density at radius 1 is 1.12 bits per heavy atom. The number of rotatable bonds is 4. The van der Waals surface area contributed by atoms with Crippen LogP contribution in [0.25, 0.3) is 0 Å². The number of amides is 1. The van der Waals surface area contributed by atoms with Gasteiger partial charge in [0.05, 0.1) is 20.3 Å². The van der Waals surface area contributed by atoms with Crippen molar-refractivity contribution in [2.45, 2.75) is 25.8 Å². The van der Waals surface area contributed by atoms with Crippen LogP contribution in [0.4, 0.5) is 0 Å². The molecule has 1 amide bonds. The molecule has 0 aromatic heterocycles. The van der Waals surface area contributed by atoms with Crippen LogP contribution in [0.5, 0.6) is 11.5 Å². The highest BCUT2D eigenvalue weighted by atomic mass is 16.5. The van der Waals surface area contributed by atoms with Gasteiger partial charge in [0, 0.05) is 17.7 Å². The zero-order valence-corrected chi connectivity index (χ0v) is 14.4. The van der Waals surface area contributed by atoms with Gasteiger partial charge in [-0.25, -0.2) is 0 Å². The van der Waals surface area contributed by atoms with Gasteiger partial charge in [0.2, 0.25) is 0 Å². The van der Waals surface area contributed by atoms with Gasteiger partial charge >= 0.3 is 0 Å². The quantitative estimate of drug-likeness (QED) is 0.853. The van der Waals surface area contributed by atoms with E-state index >= 15 is 0 Å². The second-order valence-corrected chi connectivity index (χ2v) is 6.08. The SMILES string of the molecule is COc1ccc(OC)c(C2CCCN2C(=O)c2ccccc2C)c1. The Balaban J connectivity index is 1.97. The lowest BCUT2D eigenvalue weighted by molar-refractivity contribution is 0.0733. The molecule has 0 N–H and O–H groups in total. The Kier molecular flexibility index (Phi) is 4.74. The lowest BCUT2D eigenvalue weighted by Crippen LogP contribution is -2.31. The predicted octanol–water partition coefficient (Wildman–Crippen LogP) is 3.99. The third-order valence-corrected chi connectivity index (χ3v) is 4.69. The minimum Gasteiger partial charge on any atom is -0.497 e. The molecule has 1 aliphatic heterocycles. The van der Waals surface area contributed by atoms with Crippen molar-refractivity contribution in [3.05, 3.63) is 59.2 Å². The molecule has 1 saturated heterocycles. The average Bonchev–Trinajstić information content (AvgIpc) is 3.10. The van der Waals surface area contributed by atoms with Crippen LogP contribution in [0, 0.1) is 6.92 Å². The summed E-state index contributed by atoms with van der Waals surface area (Å²) in [7, 11) is 3.31. The zero-order valence-electron chi connectivity index (χ0n) is 14.4. The van der Waals surface area contributed by atoms with Crippen LogP contribution >= 0.6 is 0 Å². The van der Waals surface area contributed by atoms with E-state index in [1.165, 1.54) is 0 Å². The van der Waals surface area contributed by atoms with Crippen LogP contribution in [0.2, 0.25) is 0 Å². The first-order valence-electron chi connectivity index (χ1n) is 8.24. The van der Waals surface area contributed by atoms with Crippen LogP contribution in [0.1, 0.15) is 40.4 Å². The Bertz CT molecular complexity index is 741. The van der Waals surface area contributed by atoms with Crippen LogP contribution < -0.4 is 9.47 Å². The molecule has 2 aromatic rings. The highest BCUT2D eigenvalue weighted by Crippen LogP contribution is 2.39. The fourth-order valence-electron chi connectivity index (χ4n) is 3.40. The summed E-state index contributed by atoms with van der Waals surface area (Å²) in [5, 5.41) is 0. The van der Waals surface area contributed by atoms with Gasteiger partial charge in [0.15, 0.2) is 0 Å². The fourth-order valence-corrected chi connectivity index (χ4v) is 3.40. The van der Waals surface area contributed by atoms with E-state index in [1.54, 1.807) is 14.2 Å². The first kappa shape index (κ1) is 16.4. The van der Waals surface area contributed by atoms with Gasteiger partial charge in [0.25, 0.3) is 5.91 Å². The molecular formula is C20H23NO3. The lowest BCUT2D eigenvalue weighted by atomic mass is 10.0. The lowest BCUT2D eigenvalue weighted by Gasteiger charge is -2.27. The number of aryl methyl sites for hydroxylation is 1. The molecule has 0 aliphatic carbocycles. The molecule has 1 heterocycles. The summed E-state index contributed by atoms with van der Waals surface area (Å²) in [6.45, 7) is 2.74.